The molecule has 0 aliphatic rings. The molecular formula is C31H38O10. The molecule has 0 saturated carbocycles. The van der Waals surface area contributed by atoms with Crippen molar-refractivity contribution in [3.63, 3.8) is 0 Å². The van der Waals surface area contributed by atoms with Gasteiger partial charge in [-0.15, -0.1) is 0 Å². The largest absolute Gasteiger partial charge is 0.506 e. The molecule has 1 N–H and O–H groups in total. The minimum absolute atomic E-state index is 0.0365. The predicted molar refractivity (Wildman–Crippen MR) is 155 cm³/mol. The molecule has 3 aromatic rings. The normalized spacial score (nSPS) is 10.9. The van der Waals surface area contributed by atoms with Gasteiger partial charge in [0.1, 0.15) is 5.75 Å². The summed E-state index contributed by atoms with van der Waals surface area (Å²) in [5, 5.41) is 12.2. The Balaban J connectivity index is 2.75. The molecule has 0 aliphatic carbocycles. The van der Waals surface area contributed by atoms with Crippen molar-refractivity contribution in [2.24, 2.45) is 5.92 Å². The second-order valence-corrected chi connectivity index (χ2v) is 9.23. The number of hydrogen-bond donors (Lipinski definition) is 1. The van der Waals surface area contributed by atoms with Crippen LogP contribution in [0, 0.1) is 5.92 Å². The molecule has 222 valence electrons. The molecule has 41 heavy (non-hydrogen) atoms. The number of benzene rings is 3. The van der Waals surface area contributed by atoms with Gasteiger partial charge in [0.05, 0.1) is 66.3 Å². The van der Waals surface area contributed by atoms with Crippen LogP contribution in [0.25, 0.3) is 21.9 Å². The number of carbonyl (C=O) groups excluding carboxylic acids is 2. The summed E-state index contributed by atoms with van der Waals surface area (Å²) in [5.74, 6) is -0.315. The number of esters is 1. The minimum Gasteiger partial charge on any atom is -0.506 e. The standard InChI is InChI=1S/C31H38O10/c1-10-16(11-2)14-18(32)22-24(31(34)41-9)21(17-12-13-19(35-3)20(15-17)36-4)23-25(26(22)33)28(38-6)30(40-8)29(39-7)27(23)37-5/h12-13,15-16,33H,10-11,14H2,1-9H3. The van der Waals surface area contributed by atoms with Crippen molar-refractivity contribution in [3.05, 3.63) is 29.3 Å². The van der Waals surface area contributed by atoms with Gasteiger partial charge in [-0.2, -0.15) is 0 Å². The van der Waals surface area contributed by atoms with E-state index in [2.05, 4.69) is 0 Å². The maximum atomic E-state index is 14.0. The average Bonchev–Trinajstić information content (AvgIpc) is 3.00. The molecule has 0 saturated heterocycles. The lowest BCUT2D eigenvalue weighted by molar-refractivity contribution is 0.0597. The van der Waals surface area contributed by atoms with Gasteiger partial charge in [-0.3, -0.25) is 4.79 Å². The first kappa shape index (κ1) is 31.2. The zero-order chi connectivity index (χ0) is 30.4. The predicted octanol–water partition coefficient (Wildman–Crippen LogP) is 6.06. The molecule has 0 atom stereocenters. The monoisotopic (exact) mass is 570 g/mol. The van der Waals surface area contributed by atoms with Crippen LogP contribution in [0.2, 0.25) is 0 Å². The lowest BCUT2D eigenvalue weighted by Crippen LogP contribution is -2.16. The molecule has 3 aromatic carbocycles. The highest BCUT2D eigenvalue weighted by atomic mass is 16.5. The Morgan fingerprint density at radius 2 is 1.24 bits per heavy atom. The molecule has 0 aliphatic heterocycles. The highest BCUT2D eigenvalue weighted by Gasteiger charge is 2.36. The van der Waals surface area contributed by atoms with Crippen molar-refractivity contribution >= 4 is 22.5 Å². The van der Waals surface area contributed by atoms with Crippen molar-refractivity contribution in [1.29, 1.82) is 0 Å². The SMILES string of the molecule is CCC(CC)CC(=O)c1c(C(=O)OC)c(-c2ccc(OC)c(OC)c2)c2c(OC)c(OC)c(OC)c(OC)c2c1O. The third-order valence-electron chi connectivity index (χ3n) is 7.33. The number of aromatic hydroxyl groups is 1. The third kappa shape index (κ3) is 5.38. The summed E-state index contributed by atoms with van der Waals surface area (Å²) in [6, 6.07) is 5.04. The number of ether oxygens (including phenoxy) is 7. The van der Waals surface area contributed by atoms with Crippen LogP contribution in [0.3, 0.4) is 0 Å². The van der Waals surface area contributed by atoms with Gasteiger partial charge in [-0.05, 0) is 23.6 Å². The van der Waals surface area contributed by atoms with Crippen LogP contribution in [0.4, 0.5) is 0 Å². The van der Waals surface area contributed by atoms with Gasteiger partial charge < -0.3 is 38.3 Å². The van der Waals surface area contributed by atoms with E-state index in [0.29, 0.717) is 17.1 Å². The van der Waals surface area contributed by atoms with Gasteiger partial charge in [-0.25, -0.2) is 4.79 Å². The molecule has 0 fully saturated rings. The van der Waals surface area contributed by atoms with E-state index in [9.17, 15) is 14.7 Å². The van der Waals surface area contributed by atoms with Crippen LogP contribution in [0.1, 0.15) is 53.8 Å². The van der Waals surface area contributed by atoms with E-state index in [4.69, 9.17) is 33.2 Å². The number of hydrogen-bond acceptors (Lipinski definition) is 10. The third-order valence-corrected chi connectivity index (χ3v) is 7.33. The molecule has 3 rings (SSSR count). The second-order valence-electron chi connectivity index (χ2n) is 9.23. The fraction of sp³-hybridized carbons (Fsp3) is 0.419. The molecule has 10 heteroatoms. The number of ketones is 1. The molecular weight excluding hydrogens is 532 g/mol. The second kappa shape index (κ2) is 13.3. The Morgan fingerprint density at radius 1 is 0.707 bits per heavy atom. The fourth-order valence-electron chi connectivity index (χ4n) is 5.18. The first-order chi connectivity index (χ1) is 19.7. The first-order valence-electron chi connectivity index (χ1n) is 13.1. The summed E-state index contributed by atoms with van der Waals surface area (Å²) >= 11 is 0. The Hall–Kier alpha value is -4.34. The molecule has 0 amide bonds. The molecule has 0 radical (unpaired) electrons. The van der Waals surface area contributed by atoms with Gasteiger partial charge in [-0.1, -0.05) is 32.8 Å². The smallest absolute Gasteiger partial charge is 0.339 e. The topological polar surface area (TPSA) is 119 Å². The number of methoxy groups -OCH3 is 7. The van der Waals surface area contributed by atoms with Crippen LogP contribution in [0.5, 0.6) is 40.2 Å². The highest BCUT2D eigenvalue weighted by molar-refractivity contribution is 6.23. The summed E-state index contributed by atoms with van der Waals surface area (Å²) in [7, 11) is 9.87. The van der Waals surface area contributed by atoms with Gasteiger partial charge in [0.25, 0.3) is 0 Å². The quantitative estimate of drug-likeness (QED) is 0.192. The number of phenolic OH excluding ortho intramolecular Hbond substituents is 1. The maximum Gasteiger partial charge on any atom is 0.339 e. The van der Waals surface area contributed by atoms with Gasteiger partial charge in [0, 0.05) is 17.4 Å². The van der Waals surface area contributed by atoms with E-state index in [1.807, 2.05) is 13.8 Å². The van der Waals surface area contributed by atoms with E-state index in [1.165, 1.54) is 49.8 Å². The Labute approximate surface area is 240 Å². The molecule has 0 bridgehead atoms. The molecule has 0 spiro atoms. The van der Waals surface area contributed by atoms with Crippen molar-refractivity contribution in [2.75, 3.05) is 49.8 Å². The summed E-state index contributed by atoms with van der Waals surface area (Å²) in [4.78, 5) is 27.6. The van der Waals surface area contributed by atoms with E-state index in [-0.39, 0.29) is 62.8 Å². The summed E-state index contributed by atoms with van der Waals surface area (Å²) in [5.41, 5.74) is 0.383. The number of carbonyl (C=O) groups is 2. The number of rotatable bonds is 13. The van der Waals surface area contributed by atoms with Crippen LogP contribution in [-0.2, 0) is 4.74 Å². The lowest BCUT2D eigenvalue weighted by Gasteiger charge is -2.25. The summed E-state index contributed by atoms with van der Waals surface area (Å²) in [6.07, 6.45) is 1.60. The van der Waals surface area contributed by atoms with Crippen LogP contribution in [0.15, 0.2) is 18.2 Å². The van der Waals surface area contributed by atoms with E-state index in [0.717, 1.165) is 12.8 Å². The Morgan fingerprint density at radius 3 is 1.71 bits per heavy atom. The first-order valence-corrected chi connectivity index (χ1v) is 13.1. The zero-order valence-electron chi connectivity index (χ0n) is 25.1. The van der Waals surface area contributed by atoms with Crippen molar-refractivity contribution < 1.29 is 47.9 Å². The fourth-order valence-corrected chi connectivity index (χ4v) is 5.18. The summed E-state index contributed by atoms with van der Waals surface area (Å²) < 4.78 is 39.0. The maximum absolute atomic E-state index is 14.0. The Kier molecular flexibility index (Phi) is 10.2. The number of Topliss-reactive ketones (excluding diaryl/α,β-unsaturated/α-hetero) is 1. The van der Waals surface area contributed by atoms with Crippen LogP contribution < -0.4 is 28.4 Å². The minimum atomic E-state index is -0.823. The number of phenols is 1. The summed E-state index contributed by atoms with van der Waals surface area (Å²) in [6.45, 7) is 3.98. The Bertz CT molecular complexity index is 1440. The van der Waals surface area contributed by atoms with Gasteiger partial charge >= 0.3 is 5.97 Å². The molecule has 0 aromatic heterocycles. The van der Waals surface area contributed by atoms with Crippen molar-refractivity contribution in [2.45, 2.75) is 33.1 Å². The zero-order valence-corrected chi connectivity index (χ0v) is 25.1. The molecule has 0 unspecified atom stereocenters. The highest BCUT2D eigenvalue weighted by Crippen LogP contribution is 2.58. The van der Waals surface area contributed by atoms with Crippen molar-refractivity contribution in [3.8, 4) is 51.4 Å². The van der Waals surface area contributed by atoms with E-state index in [1.54, 1.807) is 18.2 Å². The van der Waals surface area contributed by atoms with Crippen LogP contribution in [-0.4, -0.2) is 66.6 Å². The van der Waals surface area contributed by atoms with E-state index >= 15 is 0 Å². The average molecular weight is 571 g/mol. The number of fused-ring (bicyclic) bond motifs is 1. The van der Waals surface area contributed by atoms with Gasteiger partial charge in [0.15, 0.2) is 28.8 Å². The van der Waals surface area contributed by atoms with Crippen molar-refractivity contribution in [1.82, 2.24) is 0 Å². The van der Waals surface area contributed by atoms with Crippen LogP contribution >= 0.6 is 0 Å². The molecule has 0 heterocycles. The van der Waals surface area contributed by atoms with E-state index < -0.39 is 17.5 Å². The molecule has 10 nitrogen and oxygen atoms in total. The lowest BCUT2D eigenvalue weighted by atomic mass is 9.83. The van der Waals surface area contributed by atoms with Gasteiger partial charge in [0.2, 0.25) is 11.5 Å².